The zero-order valence-electron chi connectivity index (χ0n) is 14.9. The molecule has 1 aliphatic carbocycles. The summed E-state index contributed by atoms with van der Waals surface area (Å²) in [5.74, 6) is 0.322. The van der Waals surface area contributed by atoms with Crippen molar-refractivity contribution in [1.29, 1.82) is 0 Å². The molecule has 0 radical (unpaired) electrons. The van der Waals surface area contributed by atoms with Crippen molar-refractivity contribution in [1.82, 2.24) is 10.9 Å². The van der Waals surface area contributed by atoms with Crippen LogP contribution in [-0.4, -0.2) is 29.3 Å². The number of nitro groups is 1. The number of nitro benzene ring substituents is 1. The second-order valence-corrected chi connectivity index (χ2v) is 7.23. The fourth-order valence-electron chi connectivity index (χ4n) is 4.05. The lowest BCUT2D eigenvalue weighted by atomic mass is 9.83. The molecule has 1 saturated heterocycles. The highest BCUT2D eigenvalue weighted by Gasteiger charge is 2.34. The molecule has 140 valence electrons. The SMILES string of the molecule is O=C(c1ccccc1)c1ccc(NC2CCC3NNCC3C2)c([N+](=O)[O-])c1. The van der Waals surface area contributed by atoms with Gasteiger partial charge in [-0.05, 0) is 37.3 Å². The zero-order chi connectivity index (χ0) is 18.8. The fraction of sp³-hybridized carbons (Fsp3) is 0.350. The number of hydrazine groups is 1. The first-order valence-corrected chi connectivity index (χ1v) is 9.25. The number of hydrogen-bond acceptors (Lipinski definition) is 6. The van der Waals surface area contributed by atoms with E-state index in [1.807, 2.05) is 6.07 Å². The van der Waals surface area contributed by atoms with Gasteiger partial charge in [0, 0.05) is 35.8 Å². The van der Waals surface area contributed by atoms with Gasteiger partial charge in [0.2, 0.25) is 0 Å². The molecule has 3 atom stereocenters. The van der Waals surface area contributed by atoms with E-state index in [9.17, 15) is 14.9 Å². The van der Waals surface area contributed by atoms with E-state index in [0.29, 0.717) is 28.8 Å². The predicted molar refractivity (Wildman–Crippen MR) is 103 cm³/mol. The molecule has 0 aromatic heterocycles. The van der Waals surface area contributed by atoms with Gasteiger partial charge in [0.15, 0.2) is 5.78 Å². The third-order valence-corrected chi connectivity index (χ3v) is 5.49. The van der Waals surface area contributed by atoms with Crippen molar-refractivity contribution in [2.24, 2.45) is 5.92 Å². The van der Waals surface area contributed by atoms with Gasteiger partial charge in [0.05, 0.1) is 4.92 Å². The van der Waals surface area contributed by atoms with Crippen LogP contribution < -0.4 is 16.2 Å². The second kappa shape index (κ2) is 7.46. The molecule has 1 saturated carbocycles. The Morgan fingerprint density at radius 2 is 1.93 bits per heavy atom. The molecule has 1 aliphatic heterocycles. The molecule has 27 heavy (non-hydrogen) atoms. The van der Waals surface area contributed by atoms with Crippen molar-refractivity contribution in [3.8, 4) is 0 Å². The molecule has 7 nitrogen and oxygen atoms in total. The molecule has 7 heteroatoms. The predicted octanol–water partition coefficient (Wildman–Crippen LogP) is 2.88. The van der Waals surface area contributed by atoms with Crippen LogP contribution in [0.15, 0.2) is 48.5 Å². The first kappa shape index (κ1) is 17.6. The smallest absolute Gasteiger partial charge is 0.293 e. The quantitative estimate of drug-likeness (QED) is 0.428. The molecule has 0 bridgehead atoms. The maximum Gasteiger partial charge on any atom is 0.293 e. The number of nitrogens with one attached hydrogen (secondary N) is 3. The Morgan fingerprint density at radius 3 is 2.70 bits per heavy atom. The number of carbonyl (C=O) groups excluding carboxylic acids is 1. The second-order valence-electron chi connectivity index (χ2n) is 7.23. The van der Waals surface area contributed by atoms with Crippen LogP contribution in [0.4, 0.5) is 11.4 Å². The third-order valence-electron chi connectivity index (χ3n) is 5.49. The average Bonchev–Trinajstić information content (AvgIpc) is 3.16. The van der Waals surface area contributed by atoms with Crippen LogP contribution in [0.2, 0.25) is 0 Å². The number of anilines is 1. The number of benzene rings is 2. The molecule has 0 spiro atoms. The summed E-state index contributed by atoms with van der Waals surface area (Å²) in [4.78, 5) is 23.8. The van der Waals surface area contributed by atoms with E-state index < -0.39 is 4.92 Å². The van der Waals surface area contributed by atoms with Crippen LogP contribution in [0, 0.1) is 16.0 Å². The van der Waals surface area contributed by atoms with Crippen LogP contribution in [0.25, 0.3) is 0 Å². The van der Waals surface area contributed by atoms with Gasteiger partial charge in [0.1, 0.15) is 5.69 Å². The Labute approximate surface area is 157 Å². The van der Waals surface area contributed by atoms with E-state index in [2.05, 4.69) is 16.2 Å². The topological polar surface area (TPSA) is 96.3 Å². The lowest BCUT2D eigenvalue weighted by molar-refractivity contribution is -0.384. The fourth-order valence-corrected chi connectivity index (χ4v) is 4.05. The van der Waals surface area contributed by atoms with E-state index >= 15 is 0 Å². The first-order valence-electron chi connectivity index (χ1n) is 9.25. The minimum absolute atomic E-state index is 0.0541. The molecule has 4 rings (SSSR count). The highest BCUT2D eigenvalue weighted by molar-refractivity contribution is 6.09. The monoisotopic (exact) mass is 366 g/mol. The molecule has 3 unspecified atom stereocenters. The lowest BCUT2D eigenvalue weighted by Gasteiger charge is -2.31. The number of rotatable bonds is 5. The van der Waals surface area contributed by atoms with Crippen LogP contribution in [0.1, 0.15) is 35.2 Å². The van der Waals surface area contributed by atoms with Crippen molar-refractivity contribution in [2.75, 3.05) is 11.9 Å². The molecular formula is C20H22N4O3. The minimum atomic E-state index is -0.422. The lowest BCUT2D eigenvalue weighted by Crippen LogP contribution is -2.39. The van der Waals surface area contributed by atoms with Crippen LogP contribution in [0.3, 0.4) is 0 Å². The normalized spacial score (nSPS) is 24.2. The van der Waals surface area contributed by atoms with Crippen molar-refractivity contribution < 1.29 is 9.72 Å². The highest BCUT2D eigenvalue weighted by Crippen LogP contribution is 2.32. The molecule has 2 aromatic carbocycles. The molecule has 3 N–H and O–H groups in total. The summed E-state index contributed by atoms with van der Waals surface area (Å²) < 4.78 is 0. The number of nitrogens with zero attached hydrogens (tertiary/aromatic N) is 1. The average molecular weight is 366 g/mol. The first-order chi connectivity index (χ1) is 13.1. The number of carbonyl (C=O) groups is 1. The Bertz CT molecular complexity index is 856. The van der Waals surface area contributed by atoms with E-state index in [1.165, 1.54) is 6.07 Å². The van der Waals surface area contributed by atoms with Gasteiger partial charge in [-0.2, -0.15) is 0 Å². The van der Waals surface area contributed by atoms with Gasteiger partial charge in [-0.15, -0.1) is 0 Å². The summed E-state index contributed by atoms with van der Waals surface area (Å²) in [6.07, 6.45) is 2.96. The van der Waals surface area contributed by atoms with Gasteiger partial charge >= 0.3 is 0 Å². The van der Waals surface area contributed by atoms with E-state index in [-0.39, 0.29) is 17.5 Å². The Balaban J connectivity index is 1.54. The van der Waals surface area contributed by atoms with Gasteiger partial charge in [0.25, 0.3) is 5.69 Å². The zero-order valence-corrected chi connectivity index (χ0v) is 14.9. The molecule has 2 fully saturated rings. The maximum absolute atomic E-state index is 12.6. The van der Waals surface area contributed by atoms with Crippen molar-refractivity contribution >= 4 is 17.2 Å². The van der Waals surface area contributed by atoms with E-state index in [0.717, 1.165) is 25.8 Å². The molecule has 1 heterocycles. The Kier molecular flexibility index (Phi) is 4.87. The number of ketones is 1. The summed E-state index contributed by atoms with van der Waals surface area (Å²) in [7, 11) is 0. The van der Waals surface area contributed by atoms with Gasteiger partial charge in [-0.25, -0.2) is 0 Å². The molecular weight excluding hydrogens is 344 g/mol. The summed E-state index contributed by atoms with van der Waals surface area (Å²) in [5.41, 5.74) is 7.75. The van der Waals surface area contributed by atoms with Gasteiger partial charge in [-0.3, -0.25) is 25.8 Å². The van der Waals surface area contributed by atoms with Crippen LogP contribution in [-0.2, 0) is 0 Å². The summed E-state index contributed by atoms with van der Waals surface area (Å²) in [6, 6.07) is 14.2. The summed E-state index contributed by atoms with van der Waals surface area (Å²) >= 11 is 0. The maximum atomic E-state index is 12.6. The summed E-state index contributed by atoms with van der Waals surface area (Å²) in [6.45, 7) is 0.926. The van der Waals surface area contributed by atoms with Crippen molar-refractivity contribution in [3.63, 3.8) is 0 Å². The van der Waals surface area contributed by atoms with E-state index in [4.69, 9.17) is 0 Å². The van der Waals surface area contributed by atoms with Crippen molar-refractivity contribution in [3.05, 3.63) is 69.8 Å². The number of hydrogen-bond donors (Lipinski definition) is 3. The molecule has 0 amide bonds. The standard InChI is InChI=1S/C20H22N4O3/c25-20(13-4-2-1-3-5-13)14-6-8-18(19(11-14)24(26)27)22-16-7-9-17-15(10-16)12-21-23-17/h1-6,8,11,15-17,21-23H,7,9-10,12H2. The largest absolute Gasteiger partial charge is 0.377 e. The molecule has 2 aliphatic rings. The summed E-state index contributed by atoms with van der Waals surface area (Å²) in [5, 5.41) is 14.9. The van der Waals surface area contributed by atoms with Crippen molar-refractivity contribution in [2.45, 2.75) is 31.3 Å². The highest BCUT2D eigenvalue weighted by atomic mass is 16.6. The Morgan fingerprint density at radius 1 is 1.11 bits per heavy atom. The molecule has 2 aromatic rings. The van der Waals surface area contributed by atoms with Crippen LogP contribution >= 0.6 is 0 Å². The van der Waals surface area contributed by atoms with Crippen LogP contribution in [0.5, 0.6) is 0 Å². The minimum Gasteiger partial charge on any atom is -0.377 e. The number of fused-ring (bicyclic) bond motifs is 1. The van der Waals surface area contributed by atoms with Gasteiger partial charge in [-0.1, -0.05) is 30.3 Å². The van der Waals surface area contributed by atoms with E-state index in [1.54, 1.807) is 36.4 Å². The third kappa shape index (κ3) is 3.70. The van der Waals surface area contributed by atoms with Gasteiger partial charge < -0.3 is 5.32 Å². The Hall–Kier alpha value is -2.77.